The second kappa shape index (κ2) is 8.72. The Bertz CT molecular complexity index is 401. The molecule has 2 heterocycles. The number of hydrogen-bond acceptors (Lipinski definition) is 4. The van der Waals surface area contributed by atoms with Crippen LogP contribution in [0.1, 0.15) is 24.4 Å². The predicted octanol–water partition coefficient (Wildman–Crippen LogP) is 1.00. The molecular formula is C12H16N2O4Zn+2. The van der Waals surface area contributed by atoms with Gasteiger partial charge >= 0.3 is 31.4 Å². The smallest absolute Gasteiger partial charge is 0.473 e. The molecule has 0 bridgehead atoms. The van der Waals surface area contributed by atoms with Gasteiger partial charge in [0.05, 0.1) is 0 Å². The van der Waals surface area contributed by atoms with Gasteiger partial charge in [0, 0.05) is 18.4 Å². The van der Waals surface area contributed by atoms with Crippen LogP contribution in [-0.2, 0) is 29.1 Å². The molecule has 19 heavy (non-hydrogen) atoms. The van der Waals surface area contributed by atoms with Gasteiger partial charge in [-0.25, -0.2) is 9.59 Å². The van der Waals surface area contributed by atoms with Crippen molar-refractivity contribution in [2.45, 2.75) is 18.9 Å². The Balaban J connectivity index is 0.000000404. The first kappa shape index (κ1) is 17.7. The molecule has 1 aromatic heterocycles. The fraction of sp³-hybridized carbons (Fsp3) is 0.417. The quantitative estimate of drug-likeness (QED) is 0.593. The Morgan fingerprint density at radius 1 is 1.37 bits per heavy atom. The largest absolute Gasteiger partial charge is 2.00 e. The summed E-state index contributed by atoms with van der Waals surface area (Å²) in [5.74, 6) is -3.65. The molecule has 1 saturated heterocycles. The minimum Gasteiger partial charge on any atom is -0.473 e. The number of rotatable bonds is 1. The van der Waals surface area contributed by atoms with Gasteiger partial charge in [0.2, 0.25) is 0 Å². The van der Waals surface area contributed by atoms with Crippen LogP contribution in [0.15, 0.2) is 24.5 Å². The fourth-order valence-electron chi connectivity index (χ4n) is 1.90. The van der Waals surface area contributed by atoms with E-state index in [1.807, 2.05) is 18.5 Å². The molecule has 1 aliphatic rings. The maximum absolute atomic E-state index is 9.10. The summed E-state index contributed by atoms with van der Waals surface area (Å²) in [4.78, 5) is 24.7. The first-order valence-corrected chi connectivity index (χ1v) is 5.58. The van der Waals surface area contributed by atoms with E-state index in [-0.39, 0.29) is 19.5 Å². The summed E-state index contributed by atoms with van der Waals surface area (Å²) >= 11 is 0. The molecule has 1 fully saturated rings. The van der Waals surface area contributed by atoms with Gasteiger partial charge in [-0.3, -0.25) is 9.88 Å². The van der Waals surface area contributed by atoms with Gasteiger partial charge in [-0.2, -0.15) is 0 Å². The van der Waals surface area contributed by atoms with Crippen LogP contribution >= 0.6 is 0 Å². The molecule has 1 atom stereocenters. The summed E-state index contributed by atoms with van der Waals surface area (Å²) in [7, 11) is 2.19. The molecule has 0 aliphatic carbocycles. The molecule has 0 aromatic carbocycles. The van der Waals surface area contributed by atoms with Gasteiger partial charge < -0.3 is 10.2 Å². The number of likely N-dealkylation sites (tertiary alicyclic amines) is 1. The van der Waals surface area contributed by atoms with Crippen LogP contribution < -0.4 is 0 Å². The molecule has 0 radical (unpaired) electrons. The topological polar surface area (TPSA) is 90.7 Å². The van der Waals surface area contributed by atoms with Crippen LogP contribution in [0, 0.1) is 0 Å². The van der Waals surface area contributed by atoms with E-state index in [4.69, 9.17) is 19.8 Å². The van der Waals surface area contributed by atoms with E-state index in [9.17, 15) is 0 Å². The Labute approximate surface area is 124 Å². The number of carbonyl (C=O) groups is 2. The third-order valence-corrected chi connectivity index (χ3v) is 2.77. The minimum absolute atomic E-state index is 0. The fourth-order valence-corrected chi connectivity index (χ4v) is 1.90. The van der Waals surface area contributed by atoms with Crippen LogP contribution in [0.5, 0.6) is 0 Å². The summed E-state index contributed by atoms with van der Waals surface area (Å²) in [6, 6.07) is 4.79. The molecule has 1 aromatic rings. The van der Waals surface area contributed by atoms with E-state index < -0.39 is 11.9 Å². The molecule has 2 N–H and O–H groups in total. The first-order valence-electron chi connectivity index (χ1n) is 5.58. The summed E-state index contributed by atoms with van der Waals surface area (Å²) in [5.41, 5.74) is 1.36. The zero-order valence-electron chi connectivity index (χ0n) is 10.8. The van der Waals surface area contributed by atoms with Crippen molar-refractivity contribution in [3.8, 4) is 0 Å². The molecule has 0 spiro atoms. The summed E-state index contributed by atoms with van der Waals surface area (Å²) in [6.07, 6.45) is 6.41. The number of carboxylic acid groups (broad SMARTS) is 2. The molecule has 0 saturated carbocycles. The second-order valence-corrected chi connectivity index (χ2v) is 4.04. The normalized spacial score (nSPS) is 17.8. The van der Waals surface area contributed by atoms with Crippen LogP contribution in [0.25, 0.3) is 0 Å². The van der Waals surface area contributed by atoms with Crippen molar-refractivity contribution in [3.63, 3.8) is 0 Å². The van der Waals surface area contributed by atoms with Crippen LogP contribution in [0.3, 0.4) is 0 Å². The summed E-state index contributed by atoms with van der Waals surface area (Å²) in [6.45, 7) is 1.22. The van der Waals surface area contributed by atoms with E-state index in [1.54, 1.807) is 0 Å². The maximum atomic E-state index is 9.10. The van der Waals surface area contributed by atoms with Crippen LogP contribution in [0.2, 0.25) is 0 Å². The average molecular weight is 318 g/mol. The zero-order chi connectivity index (χ0) is 13.5. The van der Waals surface area contributed by atoms with Gasteiger partial charge in [-0.1, -0.05) is 6.07 Å². The molecule has 1 unspecified atom stereocenters. The zero-order valence-corrected chi connectivity index (χ0v) is 13.8. The molecular weight excluding hydrogens is 302 g/mol. The SMILES string of the molecule is CN1CCCC1c1cccnc1.O=C(O)C(=O)O.[Zn+2]. The molecule has 0 amide bonds. The number of pyridine rings is 1. The Kier molecular flexibility index (Phi) is 8.11. The third-order valence-electron chi connectivity index (χ3n) is 2.77. The number of hydrogen-bond donors (Lipinski definition) is 2. The monoisotopic (exact) mass is 316 g/mol. The first-order chi connectivity index (χ1) is 8.52. The van der Waals surface area contributed by atoms with Crippen LogP contribution in [0.4, 0.5) is 0 Å². The van der Waals surface area contributed by atoms with Crippen molar-refractivity contribution in [1.82, 2.24) is 9.88 Å². The van der Waals surface area contributed by atoms with Gasteiger partial charge in [-0.15, -0.1) is 0 Å². The number of carboxylic acids is 2. The second-order valence-electron chi connectivity index (χ2n) is 4.04. The summed E-state index contributed by atoms with van der Waals surface area (Å²) in [5, 5.41) is 14.8. The number of aromatic nitrogens is 1. The van der Waals surface area contributed by atoms with Gasteiger partial charge in [0.25, 0.3) is 0 Å². The van der Waals surface area contributed by atoms with Crippen molar-refractivity contribution < 1.29 is 39.3 Å². The standard InChI is InChI=1S/C10H14N2.C2H2O4.Zn/c1-12-7-3-5-10(12)9-4-2-6-11-8-9;3-1(4)2(5)6;/h2,4,6,8,10H,3,5,7H2,1H3;(H,3,4)(H,5,6);/q;;+2. The van der Waals surface area contributed by atoms with Crippen molar-refractivity contribution >= 4 is 11.9 Å². The predicted molar refractivity (Wildman–Crippen MR) is 64.1 cm³/mol. The maximum Gasteiger partial charge on any atom is 2.00 e. The van der Waals surface area contributed by atoms with Gasteiger partial charge in [-0.05, 0) is 38.1 Å². The molecule has 98 valence electrons. The Hall–Kier alpha value is -1.33. The molecule has 1 aliphatic heterocycles. The number of aliphatic carboxylic acids is 2. The molecule has 6 nitrogen and oxygen atoms in total. The van der Waals surface area contributed by atoms with Crippen molar-refractivity contribution in [1.29, 1.82) is 0 Å². The summed E-state index contributed by atoms with van der Waals surface area (Å²) < 4.78 is 0. The molecule has 7 heteroatoms. The number of nitrogens with zero attached hydrogens (tertiary/aromatic N) is 2. The van der Waals surface area contributed by atoms with Gasteiger partial charge in [0.1, 0.15) is 0 Å². The van der Waals surface area contributed by atoms with Crippen LogP contribution in [-0.4, -0.2) is 45.6 Å². The van der Waals surface area contributed by atoms with Crippen molar-refractivity contribution in [3.05, 3.63) is 30.1 Å². The van der Waals surface area contributed by atoms with E-state index >= 15 is 0 Å². The van der Waals surface area contributed by atoms with E-state index in [0.29, 0.717) is 6.04 Å². The molecule has 2 rings (SSSR count). The van der Waals surface area contributed by atoms with E-state index in [1.165, 1.54) is 24.9 Å². The van der Waals surface area contributed by atoms with Gasteiger partial charge in [0.15, 0.2) is 0 Å². The van der Waals surface area contributed by atoms with E-state index in [2.05, 4.69) is 23.0 Å². The average Bonchev–Trinajstić information content (AvgIpc) is 2.77. The minimum atomic E-state index is -1.82. The third kappa shape index (κ3) is 5.90. The van der Waals surface area contributed by atoms with Crippen molar-refractivity contribution in [2.24, 2.45) is 0 Å². The Morgan fingerprint density at radius 3 is 2.37 bits per heavy atom. The van der Waals surface area contributed by atoms with Crippen molar-refractivity contribution in [2.75, 3.05) is 13.6 Å². The van der Waals surface area contributed by atoms with E-state index in [0.717, 1.165) is 0 Å². The Morgan fingerprint density at radius 2 is 2.00 bits per heavy atom.